The number of aromatic nitrogens is 3. The average Bonchev–Trinajstić information content (AvgIpc) is 3.24. The van der Waals surface area contributed by atoms with E-state index < -0.39 is 0 Å². The van der Waals surface area contributed by atoms with Crippen molar-refractivity contribution in [2.75, 3.05) is 20.2 Å². The monoisotopic (exact) mass is 396 g/mol. The molecular formula is C20H20N4O3S. The van der Waals surface area contributed by atoms with Crippen molar-refractivity contribution in [1.29, 1.82) is 0 Å². The largest absolute Gasteiger partial charge is 0.497 e. The highest BCUT2D eigenvalue weighted by Crippen LogP contribution is 2.29. The van der Waals surface area contributed by atoms with Gasteiger partial charge in [-0.3, -0.25) is 4.79 Å². The summed E-state index contributed by atoms with van der Waals surface area (Å²) in [5.41, 5.74) is 0.636. The maximum Gasteiger partial charge on any atom is 0.255 e. The molecule has 3 aromatic heterocycles. The van der Waals surface area contributed by atoms with Crippen molar-refractivity contribution >= 4 is 17.2 Å². The summed E-state index contributed by atoms with van der Waals surface area (Å²) in [6.07, 6.45) is 6.66. The molecule has 0 aliphatic carbocycles. The quantitative estimate of drug-likeness (QED) is 0.659. The van der Waals surface area contributed by atoms with Crippen LogP contribution in [0.15, 0.2) is 48.2 Å². The van der Waals surface area contributed by atoms with Crippen LogP contribution in [0.3, 0.4) is 0 Å². The Hall–Kier alpha value is -3.00. The second kappa shape index (κ2) is 8.35. The molecule has 28 heavy (non-hydrogen) atoms. The zero-order valence-electron chi connectivity index (χ0n) is 15.4. The lowest BCUT2D eigenvalue weighted by Gasteiger charge is -2.32. The molecule has 3 aromatic rings. The van der Waals surface area contributed by atoms with E-state index in [-0.39, 0.29) is 12.0 Å². The Morgan fingerprint density at radius 2 is 2.07 bits per heavy atom. The SMILES string of the molecule is COc1ccnc(O[C@@H]2CCCN(C(=O)c3ccsc3-c3ncccn3)C2)c1. The topological polar surface area (TPSA) is 77.4 Å². The summed E-state index contributed by atoms with van der Waals surface area (Å²) in [5, 5.41) is 1.90. The molecular weight excluding hydrogens is 376 g/mol. The highest BCUT2D eigenvalue weighted by atomic mass is 32.1. The van der Waals surface area contributed by atoms with Crippen molar-refractivity contribution in [3.05, 3.63) is 53.8 Å². The molecule has 0 spiro atoms. The minimum atomic E-state index is -0.104. The number of ether oxygens (including phenoxy) is 2. The Morgan fingerprint density at radius 1 is 1.21 bits per heavy atom. The van der Waals surface area contributed by atoms with Crippen LogP contribution in [-0.2, 0) is 0 Å². The Balaban J connectivity index is 1.48. The molecule has 8 heteroatoms. The molecule has 0 N–H and O–H groups in total. The third-order valence-corrected chi connectivity index (χ3v) is 5.47. The van der Waals surface area contributed by atoms with Crippen molar-refractivity contribution in [1.82, 2.24) is 19.9 Å². The molecule has 1 saturated heterocycles. The van der Waals surface area contributed by atoms with Crippen LogP contribution in [0.5, 0.6) is 11.6 Å². The molecule has 0 radical (unpaired) electrons. The number of amides is 1. The van der Waals surface area contributed by atoms with Gasteiger partial charge in [0.05, 0.1) is 24.1 Å². The number of pyridine rings is 1. The molecule has 144 valence electrons. The number of hydrogen-bond donors (Lipinski definition) is 0. The number of thiophene rings is 1. The van der Waals surface area contributed by atoms with Gasteiger partial charge in [0, 0.05) is 31.2 Å². The number of carbonyl (C=O) groups excluding carboxylic acids is 1. The minimum absolute atomic E-state index is 0.0180. The molecule has 4 rings (SSSR count). The summed E-state index contributed by atoms with van der Waals surface area (Å²) in [7, 11) is 1.61. The molecule has 0 unspecified atom stereocenters. The van der Waals surface area contributed by atoms with Gasteiger partial charge in [0.1, 0.15) is 11.9 Å². The zero-order valence-corrected chi connectivity index (χ0v) is 16.3. The summed E-state index contributed by atoms with van der Waals surface area (Å²) in [6.45, 7) is 1.22. The van der Waals surface area contributed by atoms with E-state index in [4.69, 9.17) is 9.47 Å². The van der Waals surface area contributed by atoms with E-state index in [0.29, 0.717) is 36.1 Å². The maximum absolute atomic E-state index is 13.1. The lowest BCUT2D eigenvalue weighted by atomic mass is 10.1. The van der Waals surface area contributed by atoms with Gasteiger partial charge in [-0.1, -0.05) is 0 Å². The van der Waals surface area contributed by atoms with Gasteiger partial charge < -0.3 is 14.4 Å². The maximum atomic E-state index is 13.1. The number of nitrogens with zero attached hydrogens (tertiary/aromatic N) is 4. The Morgan fingerprint density at radius 3 is 2.89 bits per heavy atom. The molecule has 7 nitrogen and oxygen atoms in total. The molecule has 1 amide bonds. The standard InChI is InChI=1S/C20H20N4O3S/c1-26-14-5-9-21-17(12-14)27-15-4-2-10-24(13-15)20(25)16-6-11-28-18(16)19-22-7-3-8-23-19/h3,5-9,11-12,15H,2,4,10,13H2,1H3/t15-/m1/s1. The summed E-state index contributed by atoms with van der Waals surface area (Å²) in [4.78, 5) is 28.6. The molecule has 1 atom stereocenters. The first kappa shape index (κ1) is 18.4. The first-order valence-electron chi connectivity index (χ1n) is 9.05. The van der Waals surface area contributed by atoms with Gasteiger partial charge in [0.15, 0.2) is 5.82 Å². The molecule has 0 bridgehead atoms. The Kier molecular flexibility index (Phi) is 5.48. The highest BCUT2D eigenvalue weighted by Gasteiger charge is 2.28. The first-order valence-corrected chi connectivity index (χ1v) is 9.93. The van der Waals surface area contributed by atoms with Crippen LogP contribution in [-0.4, -0.2) is 52.1 Å². The van der Waals surface area contributed by atoms with Gasteiger partial charge in [-0.25, -0.2) is 15.0 Å². The first-order chi connectivity index (χ1) is 13.7. The number of piperidine rings is 1. The van der Waals surface area contributed by atoms with E-state index >= 15 is 0 Å². The van der Waals surface area contributed by atoms with E-state index in [1.165, 1.54) is 11.3 Å². The van der Waals surface area contributed by atoms with Crippen LogP contribution in [0.1, 0.15) is 23.2 Å². The smallest absolute Gasteiger partial charge is 0.255 e. The molecule has 0 aromatic carbocycles. The van der Waals surface area contributed by atoms with Gasteiger partial charge in [-0.15, -0.1) is 11.3 Å². The summed E-state index contributed by atoms with van der Waals surface area (Å²) in [5.74, 6) is 1.76. The van der Waals surface area contributed by atoms with Crippen LogP contribution in [0.4, 0.5) is 0 Å². The Labute approximate surface area is 167 Å². The molecule has 1 aliphatic rings. The Bertz CT molecular complexity index is 947. The van der Waals surface area contributed by atoms with Crippen molar-refractivity contribution in [3.63, 3.8) is 0 Å². The van der Waals surface area contributed by atoms with Crippen LogP contribution in [0, 0.1) is 0 Å². The zero-order chi connectivity index (χ0) is 19.3. The molecule has 1 fully saturated rings. The van der Waals surface area contributed by atoms with Crippen molar-refractivity contribution < 1.29 is 14.3 Å². The predicted octanol–water partition coefficient (Wildman–Crippen LogP) is 3.29. The fraction of sp³-hybridized carbons (Fsp3) is 0.300. The second-order valence-corrected chi connectivity index (χ2v) is 7.32. The minimum Gasteiger partial charge on any atom is -0.497 e. The normalized spacial score (nSPS) is 16.6. The molecule has 1 aliphatic heterocycles. The van der Waals surface area contributed by atoms with Gasteiger partial charge in [0.25, 0.3) is 5.91 Å². The fourth-order valence-corrected chi connectivity index (χ4v) is 4.04. The van der Waals surface area contributed by atoms with E-state index in [9.17, 15) is 4.79 Å². The van der Waals surface area contributed by atoms with Crippen LogP contribution in [0.25, 0.3) is 10.7 Å². The van der Waals surface area contributed by atoms with E-state index in [2.05, 4.69) is 15.0 Å². The fourth-order valence-electron chi connectivity index (χ4n) is 3.21. The highest BCUT2D eigenvalue weighted by molar-refractivity contribution is 7.14. The third kappa shape index (κ3) is 3.96. The van der Waals surface area contributed by atoms with E-state index in [0.717, 1.165) is 17.7 Å². The summed E-state index contributed by atoms with van der Waals surface area (Å²) < 4.78 is 11.2. The van der Waals surface area contributed by atoms with E-state index in [1.807, 2.05) is 16.3 Å². The lowest BCUT2D eigenvalue weighted by molar-refractivity contribution is 0.0528. The number of likely N-dealkylation sites (tertiary alicyclic amines) is 1. The molecule has 0 saturated carbocycles. The second-order valence-electron chi connectivity index (χ2n) is 6.40. The number of rotatable bonds is 5. The molecule has 4 heterocycles. The number of carbonyl (C=O) groups is 1. The van der Waals surface area contributed by atoms with Gasteiger partial charge in [-0.2, -0.15) is 0 Å². The van der Waals surface area contributed by atoms with Crippen LogP contribution < -0.4 is 9.47 Å². The van der Waals surface area contributed by atoms with Crippen molar-refractivity contribution in [3.8, 4) is 22.3 Å². The predicted molar refractivity (Wildman–Crippen MR) is 106 cm³/mol. The number of methoxy groups -OCH3 is 1. The van der Waals surface area contributed by atoms with Crippen molar-refractivity contribution in [2.24, 2.45) is 0 Å². The van der Waals surface area contributed by atoms with Gasteiger partial charge >= 0.3 is 0 Å². The lowest BCUT2D eigenvalue weighted by Crippen LogP contribution is -2.44. The van der Waals surface area contributed by atoms with Crippen LogP contribution >= 0.6 is 11.3 Å². The van der Waals surface area contributed by atoms with E-state index in [1.54, 1.807) is 43.9 Å². The van der Waals surface area contributed by atoms with Crippen LogP contribution in [0.2, 0.25) is 0 Å². The third-order valence-electron chi connectivity index (χ3n) is 4.56. The summed E-state index contributed by atoms with van der Waals surface area (Å²) >= 11 is 1.47. The summed E-state index contributed by atoms with van der Waals surface area (Å²) in [6, 6.07) is 7.13. The average molecular weight is 396 g/mol. The van der Waals surface area contributed by atoms with Gasteiger partial charge in [-0.05, 0) is 36.4 Å². The van der Waals surface area contributed by atoms with Crippen molar-refractivity contribution in [2.45, 2.75) is 18.9 Å². The number of hydrogen-bond acceptors (Lipinski definition) is 7. The van der Waals surface area contributed by atoms with Gasteiger partial charge in [0.2, 0.25) is 5.88 Å².